The van der Waals surface area contributed by atoms with Gasteiger partial charge in [-0.2, -0.15) is 15.0 Å². The molecule has 0 saturated heterocycles. The maximum absolute atomic E-state index is 5.69. The number of nitrogens with two attached hydrogens (primary N) is 1. The molecule has 0 aliphatic carbocycles. The van der Waals surface area contributed by atoms with Crippen molar-refractivity contribution >= 4 is 11.9 Å². The normalized spacial score (nSPS) is 11.7. The van der Waals surface area contributed by atoms with Crippen LogP contribution in [0.1, 0.15) is 60.3 Å². The molecule has 120 valence electrons. The van der Waals surface area contributed by atoms with Crippen molar-refractivity contribution in [2.24, 2.45) is 5.41 Å². The van der Waals surface area contributed by atoms with Crippen molar-refractivity contribution in [3.63, 3.8) is 0 Å². The van der Waals surface area contributed by atoms with E-state index in [9.17, 15) is 0 Å². The van der Waals surface area contributed by atoms with E-state index in [4.69, 9.17) is 10.5 Å². The minimum Gasteiger partial charge on any atom is -0.461 e. The van der Waals surface area contributed by atoms with E-state index >= 15 is 0 Å². The van der Waals surface area contributed by atoms with Crippen LogP contribution in [0.3, 0.4) is 0 Å². The summed E-state index contributed by atoms with van der Waals surface area (Å²) < 4.78 is 5.46. The minimum absolute atomic E-state index is 0.00475. The van der Waals surface area contributed by atoms with Crippen molar-refractivity contribution in [2.75, 3.05) is 17.6 Å². The summed E-state index contributed by atoms with van der Waals surface area (Å²) in [6.45, 7) is 11.3. The van der Waals surface area contributed by atoms with Gasteiger partial charge in [-0.3, -0.25) is 0 Å². The number of nitrogens with one attached hydrogen (secondary N) is 1. The van der Waals surface area contributed by atoms with Crippen LogP contribution in [0.15, 0.2) is 0 Å². The highest BCUT2D eigenvalue weighted by atomic mass is 16.5. The van der Waals surface area contributed by atoms with E-state index in [0.29, 0.717) is 5.95 Å². The van der Waals surface area contributed by atoms with Gasteiger partial charge in [-0.05, 0) is 25.7 Å². The van der Waals surface area contributed by atoms with E-state index in [1.54, 1.807) is 0 Å². The largest absolute Gasteiger partial charge is 0.461 e. The SMILES string of the molecule is CCCCCC(C)(C)CNc1nc(N)nc(OC(C)C)n1. The van der Waals surface area contributed by atoms with Crippen LogP contribution in [-0.2, 0) is 0 Å². The van der Waals surface area contributed by atoms with Crippen LogP contribution in [0, 0.1) is 5.41 Å². The molecular formula is C15H29N5O. The summed E-state index contributed by atoms with van der Waals surface area (Å²) in [4.78, 5) is 12.3. The molecule has 21 heavy (non-hydrogen) atoms. The maximum Gasteiger partial charge on any atom is 0.323 e. The second-order valence-corrected chi connectivity index (χ2v) is 6.44. The fourth-order valence-corrected chi connectivity index (χ4v) is 1.97. The van der Waals surface area contributed by atoms with Gasteiger partial charge in [0.2, 0.25) is 11.9 Å². The van der Waals surface area contributed by atoms with Gasteiger partial charge in [0.1, 0.15) is 0 Å². The second kappa shape index (κ2) is 8.00. The Balaban J connectivity index is 2.59. The van der Waals surface area contributed by atoms with Crippen LogP contribution in [0.4, 0.5) is 11.9 Å². The Morgan fingerprint density at radius 2 is 1.90 bits per heavy atom. The Labute approximate surface area is 127 Å². The second-order valence-electron chi connectivity index (χ2n) is 6.44. The lowest BCUT2D eigenvalue weighted by molar-refractivity contribution is 0.222. The van der Waals surface area contributed by atoms with Gasteiger partial charge < -0.3 is 15.8 Å². The third-order valence-corrected chi connectivity index (χ3v) is 3.16. The van der Waals surface area contributed by atoms with Gasteiger partial charge >= 0.3 is 6.01 Å². The molecule has 0 bridgehead atoms. The van der Waals surface area contributed by atoms with Crippen molar-refractivity contribution in [1.29, 1.82) is 0 Å². The number of aromatic nitrogens is 3. The smallest absolute Gasteiger partial charge is 0.323 e. The first-order valence-corrected chi connectivity index (χ1v) is 7.74. The molecule has 0 aromatic carbocycles. The summed E-state index contributed by atoms with van der Waals surface area (Å²) in [7, 11) is 0. The summed E-state index contributed by atoms with van der Waals surface area (Å²) >= 11 is 0. The van der Waals surface area contributed by atoms with E-state index in [0.717, 1.165) is 6.54 Å². The molecule has 0 fully saturated rings. The topological polar surface area (TPSA) is 86.0 Å². The molecule has 1 heterocycles. The third-order valence-electron chi connectivity index (χ3n) is 3.16. The lowest BCUT2D eigenvalue weighted by atomic mass is 9.87. The number of hydrogen-bond acceptors (Lipinski definition) is 6. The fraction of sp³-hybridized carbons (Fsp3) is 0.800. The fourth-order valence-electron chi connectivity index (χ4n) is 1.97. The van der Waals surface area contributed by atoms with E-state index in [1.807, 2.05) is 13.8 Å². The zero-order chi connectivity index (χ0) is 15.9. The van der Waals surface area contributed by atoms with Crippen molar-refractivity contribution in [2.45, 2.75) is 66.4 Å². The highest BCUT2D eigenvalue weighted by molar-refractivity contribution is 5.32. The highest BCUT2D eigenvalue weighted by Gasteiger charge is 2.18. The molecule has 0 saturated carbocycles. The number of hydrogen-bond donors (Lipinski definition) is 2. The first-order chi connectivity index (χ1) is 9.82. The van der Waals surface area contributed by atoms with Gasteiger partial charge in [-0.15, -0.1) is 0 Å². The van der Waals surface area contributed by atoms with Crippen LogP contribution in [0.5, 0.6) is 6.01 Å². The Kier molecular flexibility index (Phi) is 6.65. The monoisotopic (exact) mass is 295 g/mol. The van der Waals surface area contributed by atoms with Crippen molar-refractivity contribution in [3.8, 4) is 6.01 Å². The van der Waals surface area contributed by atoms with Crippen molar-refractivity contribution < 1.29 is 4.74 Å². The van der Waals surface area contributed by atoms with E-state index in [-0.39, 0.29) is 23.5 Å². The van der Waals surface area contributed by atoms with Gasteiger partial charge in [-0.1, -0.05) is 40.0 Å². The number of rotatable bonds is 9. The van der Waals surface area contributed by atoms with Crippen molar-refractivity contribution in [3.05, 3.63) is 0 Å². The number of anilines is 2. The number of unbranched alkanes of at least 4 members (excludes halogenated alkanes) is 2. The Morgan fingerprint density at radius 3 is 2.52 bits per heavy atom. The van der Waals surface area contributed by atoms with Crippen LogP contribution >= 0.6 is 0 Å². The molecule has 1 aromatic rings. The van der Waals surface area contributed by atoms with Crippen LogP contribution < -0.4 is 15.8 Å². The predicted molar refractivity (Wildman–Crippen MR) is 86.4 cm³/mol. The molecular weight excluding hydrogens is 266 g/mol. The zero-order valence-corrected chi connectivity index (χ0v) is 13.9. The quantitative estimate of drug-likeness (QED) is 0.680. The van der Waals surface area contributed by atoms with E-state index in [2.05, 4.69) is 41.0 Å². The first-order valence-electron chi connectivity index (χ1n) is 7.74. The standard InChI is InChI=1S/C15H29N5O/c1-6-7-8-9-15(4,5)10-17-13-18-12(16)19-14(20-13)21-11(2)3/h11H,6-10H2,1-5H3,(H3,16,17,18,19,20). The van der Waals surface area contributed by atoms with Crippen LogP contribution in [0.25, 0.3) is 0 Å². The summed E-state index contributed by atoms with van der Waals surface area (Å²) in [5.74, 6) is 0.647. The highest BCUT2D eigenvalue weighted by Crippen LogP contribution is 2.24. The Morgan fingerprint density at radius 1 is 1.19 bits per heavy atom. The van der Waals surface area contributed by atoms with Crippen LogP contribution in [-0.4, -0.2) is 27.6 Å². The summed E-state index contributed by atoms with van der Waals surface area (Å²) in [6, 6.07) is 0.267. The maximum atomic E-state index is 5.69. The lowest BCUT2D eigenvalue weighted by Gasteiger charge is -2.25. The first kappa shape index (κ1) is 17.5. The van der Waals surface area contributed by atoms with E-state index < -0.39 is 0 Å². The van der Waals surface area contributed by atoms with Gasteiger partial charge in [-0.25, -0.2) is 0 Å². The number of nitrogen functional groups attached to an aromatic ring is 1. The molecule has 0 unspecified atom stereocenters. The summed E-state index contributed by atoms with van der Waals surface area (Å²) in [5, 5.41) is 3.24. The Bertz CT molecular complexity index is 434. The van der Waals surface area contributed by atoms with Gasteiger partial charge in [0, 0.05) is 6.54 Å². The van der Waals surface area contributed by atoms with Crippen LogP contribution in [0.2, 0.25) is 0 Å². The molecule has 1 aromatic heterocycles. The molecule has 0 amide bonds. The molecule has 3 N–H and O–H groups in total. The Hall–Kier alpha value is -1.59. The van der Waals surface area contributed by atoms with Gasteiger partial charge in [0.15, 0.2) is 0 Å². The molecule has 0 radical (unpaired) electrons. The van der Waals surface area contributed by atoms with E-state index in [1.165, 1.54) is 25.7 Å². The third kappa shape index (κ3) is 7.11. The predicted octanol–water partition coefficient (Wildman–Crippen LogP) is 3.26. The minimum atomic E-state index is 0.00475. The molecule has 1 rings (SSSR count). The molecule has 0 atom stereocenters. The zero-order valence-electron chi connectivity index (χ0n) is 13.9. The molecule has 6 heteroatoms. The average Bonchev–Trinajstić information content (AvgIpc) is 2.35. The summed E-state index contributed by atoms with van der Waals surface area (Å²) in [6.07, 6.45) is 4.93. The molecule has 0 aliphatic heterocycles. The average molecular weight is 295 g/mol. The molecule has 6 nitrogen and oxygen atoms in total. The number of ether oxygens (including phenoxy) is 1. The molecule has 0 spiro atoms. The lowest BCUT2D eigenvalue weighted by Crippen LogP contribution is -2.24. The van der Waals surface area contributed by atoms with Gasteiger partial charge in [0.25, 0.3) is 0 Å². The van der Waals surface area contributed by atoms with Gasteiger partial charge in [0.05, 0.1) is 6.10 Å². The van der Waals surface area contributed by atoms with Crippen molar-refractivity contribution in [1.82, 2.24) is 15.0 Å². The molecule has 0 aliphatic rings. The number of nitrogens with zero attached hydrogens (tertiary/aromatic N) is 3. The summed E-state index contributed by atoms with van der Waals surface area (Å²) in [5.41, 5.74) is 5.88.